The normalized spacial score (nSPS) is 13.4. The lowest BCUT2D eigenvalue weighted by molar-refractivity contribution is 0.0959. The van der Waals surface area contributed by atoms with E-state index in [1.54, 1.807) is 19.1 Å². The van der Waals surface area contributed by atoms with Crippen LogP contribution >= 0.6 is 0 Å². The second-order valence-electron chi connectivity index (χ2n) is 8.03. The van der Waals surface area contributed by atoms with Gasteiger partial charge in [-0.1, -0.05) is 57.7 Å². The Morgan fingerprint density at radius 3 is 2.19 bits per heavy atom. The summed E-state index contributed by atoms with van der Waals surface area (Å²) in [6.07, 6.45) is 6.96. The van der Waals surface area contributed by atoms with Crippen molar-refractivity contribution in [1.29, 1.82) is 0 Å². The number of benzene rings is 2. The van der Waals surface area contributed by atoms with E-state index in [-0.39, 0.29) is 11.5 Å². The van der Waals surface area contributed by atoms with Crippen LogP contribution in [-0.2, 0) is 0 Å². The molecule has 0 atom stereocenters. The van der Waals surface area contributed by atoms with E-state index < -0.39 is 0 Å². The highest BCUT2D eigenvalue weighted by Gasteiger charge is 2.22. The van der Waals surface area contributed by atoms with Gasteiger partial charge in [0.2, 0.25) is 0 Å². The summed E-state index contributed by atoms with van der Waals surface area (Å²) in [5, 5.41) is 10.5. The highest BCUT2D eigenvalue weighted by molar-refractivity contribution is 5.99. The number of Topliss-reactive ketones (excluding diaryl/α,β-unsaturated/α-hetero) is 1. The number of hydrogen-bond donors (Lipinski definition) is 1. The smallest absolute Gasteiger partial charge is 0.166 e. The van der Waals surface area contributed by atoms with E-state index in [0.29, 0.717) is 42.4 Å². The van der Waals surface area contributed by atoms with E-state index in [1.807, 2.05) is 45.0 Å². The molecule has 1 aliphatic carbocycles. The molecule has 1 fully saturated rings. The van der Waals surface area contributed by atoms with Gasteiger partial charge >= 0.3 is 0 Å². The fourth-order valence-electron chi connectivity index (χ4n) is 3.94. The minimum Gasteiger partial charge on any atom is -0.507 e. The van der Waals surface area contributed by atoms with Gasteiger partial charge in [0.1, 0.15) is 17.2 Å². The summed E-state index contributed by atoms with van der Waals surface area (Å²) in [5.41, 5.74) is 2.20. The van der Waals surface area contributed by atoms with Crippen LogP contribution in [0.2, 0.25) is 0 Å². The van der Waals surface area contributed by atoms with Crippen LogP contribution in [0, 0.1) is 19.8 Å². The fraction of sp³-hybridized carbons (Fsp3) is 0.519. The molecule has 1 N–H and O–H groups in total. The summed E-state index contributed by atoms with van der Waals surface area (Å²) in [5.74, 6) is 2.14. The molecular formula is C27H38O4. The van der Waals surface area contributed by atoms with Crippen molar-refractivity contribution in [2.24, 2.45) is 5.92 Å². The average Bonchev–Trinajstić information content (AvgIpc) is 3.29. The Morgan fingerprint density at radius 2 is 1.55 bits per heavy atom. The summed E-state index contributed by atoms with van der Waals surface area (Å²) >= 11 is 0. The van der Waals surface area contributed by atoms with Gasteiger partial charge in [-0.2, -0.15) is 0 Å². The molecule has 0 amide bonds. The Labute approximate surface area is 187 Å². The van der Waals surface area contributed by atoms with Gasteiger partial charge in [-0.3, -0.25) is 4.79 Å². The van der Waals surface area contributed by atoms with Crippen molar-refractivity contribution in [2.45, 2.75) is 72.6 Å². The molecule has 0 aliphatic heterocycles. The number of carbonyl (C=O) groups excluding carboxylic acids is 1. The van der Waals surface area contributed by atoms with Gasteiger partial charge in [0.05, 0.1) is 18.8 Å². The number of aryl methyl sites for hydroxylation is 1. The molecule has 0 aromatic heterocycles. The van der Waals surface area contributed by atoms with Crippen LogP contribution in [0.15, 0.2) is 36.4 Å². The second kappa shape index (κ2) is 13.0. The lowest BCUT2D eigenvalue weighted by atomic mass is 9.95. The Morgan fingerprint density at radius 1 is 0.935 bits per heavy atom. The number of ketones is 1. The van der Waals surface area contributed by atoms with Crippen molar-refractivity contribution in [3.8, 4) is 17.2 Å². The number of phenols is 1. The highest BCUT2D eigenvalue weighted by Crippen LogP contribution is 2.34. The largest absolute Gasteiger partial charge is 0.507 e. The number of para-hydroxylation sites is 1. The zero-order valence-electron chi connectivity index (χ0n) is 19.6. The number of aromatic hydroxyl groups is 1. The van der Waals surface area contributed by atoms with E-state index in [1.165, 1.54) is 12.8 Å². The molecule has 0 radical (unpaired) electrons. The van der Waals surface area contributed by atoms with Gasteiger partial charge in [-0.25, -0.2) is 0 Å². The predicted octanol–water partition coefficient (Wildman–Crippen LogP) is 7.04. The quantitative estimate of drug-likeness (QED) is 0.327. The van der Waals surface area contributed by atoms with Crippen molar-refractivity contribution < 1.29 is 19.4 Å². The SMILES string of the molecule is CC.Cc1ccccc1OCCCCOc1ccc(C(=O)CC2CCCC2)c(O)c1C. The van der Waals surface area contributed by atoms with Crippen LogP contribution < -0.4 is 9.47 Å². The Kier molecular flexibility index (Phi) is 10.4. The Balaban J connectivity index is 0.00000166. The van der Waals surface area contributed by atoms with Crippen LogP contribution in [0.25, 0.3) is 0 Å². The van der Waals surface area contributed by atoms with Gasteiger partial charge in [-0.05, 0) is 56.4 Å². The van der Waals surface area contributed by atoms with Crippen LogP contribution in [0.3, 0.4) is 0 Å². The number of unbranched alkanes of at least 4 members (excludes halogenated alkanes) is 1. The predicted molar refractivity (Wildman–Crippen MR) is 127 cm³/mol. The van der Waals surface area contributed by atoms with Gasteiger partial charge in [0, 0.05) is 12.0 Å². The topological polar surface area (TPSA) is 55.8 Å². The summed E-state index contributed by atoms with van der Waals surface area (Å²) in [7, 11) is 0. The molecule has 0 spiro atoms. The first-order valence-corrected chi connectivity index (χ1v) is 11.7. The minimum atomic E-state index is 0.0393. The van der Waals surface area contributed by atoms with Crippen LogP contribution in [0.4, 0.5) is 0 Å². The molecule has 170 valence electrons. The molecule has 0 unspecified atom stereocenters. The van der Waals surface area contributed by atoms with Crippen LogP contribution in [0.5, 0.6) is 17.2 Å². The molecule has 0 bridgehead atoms. The fourth-order valence-corrected chi connectivity index (χ4v) is 3.94. The van der Waals surface area contributed by atoms with Crippen molar-refractivity contribution in [3.63, 3.8) is 0 Å². The molecule has 4 nitrogen and oxygen atoms in total. The Hall–Kier alpha value is -2.49. The first-order valence-electron chi connectivity index (χ1n) is 11.7. The van der Waals surface area contributed by atoms with Gasteiger partial charge in [-0.15, -0.1) is 0 Å². The van der Waals surface area contributed by atoms with E-state index in [4.69, 9.17) is 9.47 Å². The Bertz CT molecular complexity index is 822. The van der Waals surface area contributed by atoms with Gasteiger partial charge in [0.25, 0.3) is 0 Å². The number of ether oxygens (including phenoxy) is 2. The molecule has 2 aromatic rings. The maximum Gasteiger partial charge on any atom is 0.166 e. The lowest BCUT2D eigenvalue weighted by Crippen LogP contribution is -2.08. The minimum absolute atomic E-state index is 0.0393. The summed E-state index contributed by atoms with van der Waals surface area (Å²) < 4.78 is 11.6. The number of rotatable bonds is 10. The number of carbonyl (C=O) groups is 1. The van der Waals surface area contributed by atoms with Crippen molar-refractivity contribution in [3.05, 3.63) is 53.1 Å². The number of phenolic OH excluding ortho intramolecular Hbond substituents is 1. The van der Waals surface area contributed by atoms with Gasteiger partial charge in [0.15, 0.2) is 5.78 Å². The van der Waals surface area contributed by atoms with Crippen molar-refractivity contribution in [2.75, 3.05) is 13.2 Å². The first-order chi connectivity index (χ1) is 15.1. The molecule has 1 saturated carbocycles. The van der Waals surface area contributed by atoms with E-state index in [9.17, 15) is 9.90 Å². The van der Waals surface area contributed by atoms with Crippen molar-refractivity contribution in [1.82, 2.24) is 0 Å². The van der Waals surface area contributed by atoms with Crippen molar-refractivity contribution >= 4 is 5.78 Å². The zero-order chi connectivity index (χ0) is 22.6. The van der Waals surface area contributed by atoms with E-state index >= 15 is 0 Å². The third-order valence-corrected chi connectivity index (χ3v) is 5.78. The maximum absolute atomic E-state index is 12.5. The second-order valence-corrected chi connectivity index (χ2v) is 8.03. The van der Waals surface area contributed by atoms with Gasteiger partial charge < -0.3 is 14.6 Å². The summed E-state index contributed by atoms with van der Waals surface area (Å²) in [4.78, 5) is 12.5. The first kappa shape index (κ1) is 24.8. The molecule has 2 aromatic carbocycles. The standard InChI is InChI=1S/C25H32O4.C2H6/c1-18-9-3-6-12-23(18)28-15-7-8-16-29-24-14-13-21(25(27)19(24)2)22(26)17-20-10-4-5-11-20;1-2/h3,6,9,12-14,20,27H,4-5,7-8,10-11,15-17H2,1-2H3;1-2H3. The van der Waals surface area contributed by atoms with E-state index in [0.717, 1.165) is 37.0 Å². The molecule has 0 heterocycles. The molecule has 3 rings (SSSR count). The summed E-state index contributed by atoms with van der Waals surface area (Å²) in [6, 6.07) is 11.5. The zero-order valence-corrected chi connectivity index (χ0v) is 19.6. The van der Waals surface area contributed by atoms with Crippen LogP contribution in [-0.4, -0.2) is 24.1 Å². The van der Waals surface area contributed by atoms with Crippen LogP contribution in [0.1, 0.15) is 80.3 Å². The third kappa shape index (κ3) is 7.30. The summed E-state index contributed by atoms with van der Waals surface area (Å²) in [6.45, 7) is 9.04. The molecule has 4 heteroatoms. The third-order valence-electron chi connectivity index (χ3n) is 5.78. The molecule has 0 saturated heterocycles. The van der Waals surface area contributed by atoms with E-state index in [2.05, 4.69) is 0 Å². The maximum atomic E-state index is 12.5. The molecule has 1 aliphatic rings. The lowest BCUT2D eigenvalue weighted by Gasteiger charge is -2.14. The molecule has 31 heavy (non-hydrogen) atoms. The monoisotopic (exact) mass is 426 g/mol. The average molecular weight is 427 g/mol. The molecular weight excluding hydrogens is 388 g/mol. The number of hydrogen-bond acceptors (Lipinski definition) is 4. The highest BCUT2D eigenvalue weighted by atomic mass is 16.5.